The number of hydrogen-bond acceptors (Lipinski definition) is 3. The number of aliphatic carboxylic acids is 1. The average Bonchev–Trinajstić information content (AvgIpc) is 2.86. The molecule has 0 bridgehead atoms. The average molecular weight is 281 g/mol. The highest BCUT2D eigenvalue weighted by Gasteiger charge is 2.31. The quantitative estimate of drug-likeness (QED) is 0.891. The molecule has 5 heteroatoms. The molecule has 0 aromatic heterocycles. The zero-order valence-corrected chi connectivity index (χ0v) is 11.9. The zero-order chi connectivity index (χ0) is 14.9. The molecule has 1 fully saturated rings. The number of carboxylic acids is 1. The third-order valence-electron chi connectivity index (χ3n) is 3.79. The van der Waals surface area contributed by atoms with Gasteiger partial charge < -0.3 is 15.2 Å². The Morgan fingerprint density at radius 1 is 1.50 bits per heavy atom. The second-order valence-corrected chi connectivity index (χ2v) is 5.51. The van der Waals surface area contributed by atoms with Gasteiger partial charge in [-0.2, -0.15) is 0 Å². The molecule has 0 amide bonds. The summed E-state index contributed by atoms with van der Waals surface area (Å²) in [6.07, 6.45) is 0.471. The lowest BCUT2D eigenvalue weighted by molar-refractivity contribution is -0.141. The van der Waals surface area contributed by atoms with Crippen molar-refractivity contribution >= 4 is 5.97 Å². The molecule has 1 aliphatic rings. The van der Waals surface area contributed by atoms with E-state index in [1.807, 2.05) is 13.8 Å². The Bertz CT molecular complexity index is 516. The van der Waals surface area contributed by atoms with Crippen LogP contribution in [0.15, 0.2) is 12.1 Å². The summed E-state index contributed by atoms with van der Waals surface area (Å²) < 4.78 is 19.5. The molecule has 0 radical (unpaired) electrons. The van der Waals surface area contributed by atoms with Crippen LogP contribution in [0.1, 0.15) is 43.4 Å². The van der Waals surface area contributed by atoms with E-state index in [2.05, 4.69) is 5.32 Å². The maximum Gasteiger partial charge on any atom is 0.307 e. The topological polar surface area (TPSA) is 58.6 Å². The lowest BCUT2D eigenvalue weighted by atomic mass is 9.95. The summed E-state index contributed by atoms with van der Waals surface area (Å²) in [6, 6.07) is 3.15. The Hall–Kier alpha value is -1.62. The van der Waals surface area contributed by atoms with E-state index < -0.39 is 11.9 Å². The Kier molecular flexibility index (Phi) is 4.28. The van der Waals surface area contributed by atoms with Crippen LogP contribution in [0.5, 0.6) is 5.75 Å². The molecule has 4 nitrogen and oxygen atoms in total. The first-order valence-electron chi connectivity index (χ1n) is 6.77. The first kappa shape index (κ1) is 14.8. The maximum absolute atomic E-state index is 14.2. The van der Waals surface area contributed by atoms with Crippen molar-refractivity contribution in [3.05, 3.63) is 29.1 Å². The summed E-state index contributed by atoms with van der Waals surface area (Å²) in [5.74, 6) is -0.974. The highest BCUT2D eigenvalue weighted by atomic mass is 19.1. The van der Waals surface area contributed by atoms with Crippen LogP contribution in [0.25, 0.3) is 0 Å². The monoisotopic (exact) mass is 281 g/mol. The van der Waals surface area contributed by atoms with Crippen molar-refractivity contribution in [2.45, 2.75) is 32.2 Å². The molecule has 2 rings (SSSR count). The van der Waals surface area contributed by atoms with Crippen LogP contribution in [0.4, 0.5) is 4.39 Å². The van der Waals surface area contributed by atoms with E-state index in [0.29, 0.717) is 24.3 Å². The lowest BCUT2D eigenvalue weighted by Crippen LogP contribution is -2.17. The number of rotatable bonds is 4. The van der Waals surface area contributed by atoms with Gasteiger partial charge in [0.15, 0.2) is 0 Å². The first-order valence-corrected chi connectivity index (χ1v) is 6.77. The molecule has 1 saturated heterocycles. The minimum Gasteiger partial charge on any atom is -0.496 e. The lowest BCUT2D eigenvalue weighted by Gasteiger charge is -2.17. The highest BCUT2D eigenvalue weighted by molar-refractivity contribution is 5.70. The van der Waals surface area contributed by atoms with Crippen LogP contribution in [0.3, 0.4) is 0 Å². The van der Waals surface area contributed by atoms with Gasteiger partial charge in [-0.3, -0.25) is 4.79 Å². The minimum absolute atomic E-state index is 0.0299. The van der Waals surface area contributed by atoms with Crippen molar-refractivity contribution in [1.82, 2.24) is 5.32 Å². The number of carboxylic acid groups (broad SMARTS) is 1. The van der Waals surface area contributed by atoms with Crippen molar-refractivity contribution < 1.29 is 19.0 Å². The van der Waals surface area contributed by atoms with E-state index in [1.165, 1.54) is 13.2 Å². The Morgan fingerprint density at radius 3 is 2.70 bits per heavy atom. The molecule has 1 aliphatic heterocycles. The van der Waals surface area contributed by atoms with E-state index in [1.54, 1.807) is 6.07 Å². The maximum atomic E-state index is 14.2. The molecule has 2 N–H and O–H groups in total. The van der Waals surface area contributed by atoms with Crippen molar-refractivity contribution in [1.29, 1.82) is 0 Å². The standard InChI is InChI=1S/C15H20FNO3/c1-8(2)14-11(16)4-9(6-13(14)20-3)12-5-10(7-17-12)15(18)19/h4,6,8,10,12,17H,5,7H2,1-3H3,(H,18,19). The third-order valence-corrected chi connectivity index (χ3v) is 3.79. The van der Waals surface area contributed by atoms with Crippen LogP contribution in [0.2, 0.25) is 0 Å². The first-order chi connectivity index (χ1) is 9.43. The van der Waals surface area contributed by atoms with Gasteiger partial charge >= 0.3 is 5.97 Å². The van der Waals surface area contributed by atoms with Crippen molar-refractivity contribution in [3.8, 4) is 5.75 Å². The molecular weight excluding hydrogens is 261 g/mol. The van der Waals surface area contributed by atoms with Gasteiger partial charge in [0.25, 0.3) is 0 Å². The van der Waals surface area contributed by atoms with Gasteiger partial charge in [0, 0.05) is 18.2 Å². The number of carbonyl (C=O) groups is 1. The smallest absolute Gasteiger partial charge is 0.307 e. The third kappa shape index (κ3) is 2.77. The van der Waals surface area contributed by atoms with Gasteiger partial charge in [0.05, 0.1) is 13.0 Å². The van der Waals surface area contributed by atoms with Gasteiger partial charge in [0.1, 0.15) is 11.6 Å². The van der Waals surface area contributed by atoms with Crippen molar-refractivity contribution in [2.24, 2.45) is 5.92 Å². The molecule has 0 saturated carbocycles. The molecule has 2 atom stereocenters. The van der Waals surface area contributed by atoms with Crippen LogP contribution in [-0.2, 0) is 4.79 Å². The number of ether oxygens (including phenoxy) is 1. The highest BCUT2D eigenvalue weighted by Crippen LogP contribution is 2.35. The molecule has 20 heavy (non-hydrogen) atoms. The Morgan fingerprint density at radius 2 is 2.20 bits per heavy atom. The van der Waals surface area contributed by atoms with Crippen LogP contribution >= 0.6 is 0 Å². The Balaban J connectivity index is 2.30. The van der Waals surface area contributed by atoms with Crippen LogP contribution in [-0.4, -0.2) is 24.7 Å². The summed E-state index contributed by atoms with van der Waals surface area (Å²) in [5.41, 5.74) is 1.30. The van der Waals surface area contributed by atoms with Crippen molar-refractivity contribution in [3.63, 3.8) is 0 Å². The summed E-state index contributed by atoms with van der Waals surface area (Å²) >= 11 is 0. The van der Waals surface area contributed by atoms with Crippen LogP contribution < -0.4 is 10.1 Å². The van der Waals surface area contributed by atoms with E-state index in [-0.39, 0.29) is 17.8 Å². The molecule has 0 spiro atoms. The Labute approximate surface area is 117 Å². The fourth-order valence-electron chi connectivity index (χ4n) is 2.72. The summed E-state index contributed by atoms with van der Waals surface area (Å²) in [7, 11) is 1.52. The van der Waals surface area contributed by atoms with E-state index in [9.17, 15) is 9.18 Å². The largest absolute Gasteiger partial charge is 0.496 e. The number of nitrogens with one attached hydrogen (secondary N) is 1. The fraction of sp³-hybridized carbons (Fsp3) is 0.533. The normalized spacial score (nSPS) is 22.2. The molecule has 1 aromatic carbocycles. The zero-order valence-electron chi connectivity index (χ0n) is 11.9. The van der Waals surface area contributed by atoms with Gasteiger partial charge in [-0.05, 0) is 30.0 Å². The predicted molar refractivity (Wildman–Crippen MR) is 73.5 cm³/mol. The molecule has 1 aromatic rings. The predicted octanol–water partition coefficient (Wildman–Crippen LogP) is 2.69. The van der Waals surface area contributed by atoms with Crippen LogP contribution in [0, 0.1) is 11.7 Å². The molecule has 110 valence electrons. The second kappa shape index (κ2) is 5.79. The molecular formula is C15H20FNO3. The van der Waals surface area contributed by atoms with E-state index in [0.717, 1.165) is 5.56 Å². The molecule has 0 aliphatic carbocycles. The van der Waals surface area contributed by atoms with E-state index >= 15 is 0 Å². The minimum atomic E-state index is -0.814. The molecule has 2 unspecified atom stereocenters. The van der Waals surface area contributed by atoms with E-state index in [4.69, 9.17) is 9.84 Å². The SMILES string of the molecule is COc1cc(C2CC(C(=O)O)CN2)cc(F)c1C(C)C. The summed E-state index contributed by atoms with van der Waals surface area (Å²) in [5, 5.41) is 12.1. The number of halogens is 1. The van der Waals surface area contributed by atoms with Crippen molar-refractivity contribution in [2.75, 3.05) is 13.7 Å². The molecule has 1 heterocycles. The number of benzene rings is 1. The second-order valence-electron chi connectivity index (χ2n) is 5.51. The summed E-state index contributed by atoms with van der Waals surface area (Å²) in [6.45, 7) is 4.24. The number of hydrogen-bond donors (Lipinski definition) is 2. The van der Waals surface area contributed by atoms with Gasteiger partial charge in [-0.15, -0.1) is 0 Å². The van der Waals surface area contributed by atoms with Gasteiger partial charge in [-0.1, -0.05) is 13.8 Å². The number of methoxy groups -OCH3 is 1. The fourth-order valence-corrected chi connectivity index (χ4v) is 2.72. The summed E-state index contributed by atoms with van der Waals surface area (Å²) in [4.78, 5) is 11.0. The van der Waals surface area contributed by atoms with Gasteiger partial charge in [-0.25, -0.2) is 4.39 Å². The van der Waals surface area contributed by atoms with Gasteiger partial charge in [0.2, 0.25) is 0 Å².